The van der Waals surface area contributed by atoms with Gasteiger partial charge in [0, 0.05) is 23.4 Å². The number of aromatic nitrogens is 2. The van der Waals surface area contributed by atoms with Crippen LogP contribution in [0.5, 0.6) is 0 Å². The first-order valence-electron chi connectivity index (χ1n) is 6.13. The van der Waals surface area contributed by atoms with Crippen LogP contribution in [0.1, 0.15) is 31.2 Å². The molecule has 1 aromatic carbocycles. The molecule has 19 heavy (non-hydrogen) atoms. The van der Waals surface area contributed by atoms with Crippen LogP contribution in [0.3, 0.4) is 0 Å². The number of alkyl halides is 1. The molecule has 1 unspecified atom stereocenters. The average molecular weight is 390 g/mol. The van der Waals surface area contributed by atoms with Crippen LogP contribution in [0.4, 0.5) is 0 Å². The molecule has 0 aliphatic carbocycles. The molecule has 2 rings (SSSR count). The highest BCUT2D eigenvalue weighted by Gasteiger charge is 2.26. The van der Waals surface area contributed by atoms with Crippen LogP contribution >= 0.6 is 31.9 Å². The number of nitrogens with zero attached hydrogens (tertiary/aromatic N) is 2. The Hall–Kier alpha value is -0.550. The largest absolute Gasteiger partial charge is 0.328 e. The SMILES string of the molecule is Cn1c(=O)n(C)c2cc(C(Br)C(C)(C)C)c(Br)cc21. The Morgan fingerprint density at radius 1 is 1.11 bits per heavy atom. The van der Waals surface area contributed by atoms with Gasteiger partial charge in [-0.1, -0.05) is 52.6 Å². The molecule has 5 heteroatoms. The highest BCUT2D eigenvalue weighted by molar-refractivity contribution is 9.11. The van der Waals surface area contributed by atoms with E-state index in [-0.39, 0.29) is 15.9 Å². The predicted molar refractivity (Wildman–Crippen MR) is 87.0 cm³/mol. The summed E-state index contributed by atoms with van der Waals surface area (Å²) >= 11 is 7.39. The van der Waals surface area contributed by atoms with E-state index in [9.17, 15) is 4.79 Å². The standard InChI is InChI=1S/C14H18Br2N2O/c1-14(2,3)12(16)8-6-10-11(7-9(8)15)18(5)13(19)17(10)4/h6-7,12H,1-5H3. The molecule has 3 nitrogen and oxygen atoms in total. The second-order valence-corrected chi connectivity index (χ2v) is 7.76. The van der Waals surface area contributed by atoms with Crippen LogP contribution in [0.2, 0.25) is 0 Å². The van der Waals surface area contributed by atoms with E-state index in [2.05, 4.69) is 58.7 Å². The molecular weight excluding hydrogens is 372 g/mol. The highest BCUT2D eigenvalue weighted by atomic mass is 79.9. The molecule has 0 saturated heterocycles. The van der Waals surface area contributed by atoms with Crippen LogP contribution in [0.15, 0.2) is 21.4 Å². The van der Waals surface area contributed by atoms with Crippen LogP contribution < -0.4 is 5.69 Å². The van der Waals surface area contributed by atoms with Crippen LogP contribution in [0.25, 0.3) is 11.0 Å². The van der Waals surface area contributed by atoms with Crippen molar-refractivity contribution in [3.05, 3.63) is 32.7 Å². The van der Waals surface area contributed by atoms with Crippen molar-refractivity contribution in [1.82, 2.24) is 9.13 Å². The molecule has 0 bridgehead atoms. The minimum Gasteiger partial charge on any atom is -0.295 e. The molecule has 0 aliphatic heterocycles. The third-order valence-electron chi connectivity index (χ3n) is 3.42. The third kappa shape index (κ3) is 2.42. The maximum Gasteiger partial charge on any atom is 0.328 e. The monoisotopic (exact) mass is 388 g/mol. The first kappa shape index (κ1) is 14.9. The zero-order chi connectivity index (χ0) is 14.5. The summed E-state index contributed by atoms with van der Waals surface area (Å²) in [6, 6.07) is 4.11. The van der Waals surface area contributed by atoms with Crippen molar-refractivity contribution in [2.45, 2.75) is 25.6 Å². The Bertz CT molecular complexity index is 692. The summed E-state index contributed by atoms with van der Waals surface area (Å²) in [5.41, 5.74) is 3.17. The minimum atomic E-state index is 0.000862. The van der Waals surface area contributed by atoms with Crippen molar-refractivity contribution in [2.24, 2.45) is 19.5 Å². The first-order valence-corrected chi connectivity index (χ1v) is 7.84. The fourth-order valence-electron chi connectivity index (χ4n) is 2.20. The van der Waals surface area contributed by atoms with Crippen LogP contribution in [-0.4, -0.2) is 9.13 Å². The molecule has 0 saturated carbocycles. The van der Waals surface area contributed by atoms with Gasteiger partial charge in [0.05, 0.1) is 11.0 Å². The van der Waals surface area contributed by atoms with Gasteiger partial charge in [-0.2, -0.15) is 0 Å². The van der Waals surface area contributed by atoms with E-state index in [0.29, 0.717) is 0 Å². The van der Waals surface area contributed by atoms with Gasteiger partial charge in [-0.15, -0.1) is 0 Å². The molecule has 2 aromatic rings. The number of hydrogen-bond acceptors (Lipinski definition) is 1. The predicted octanol–water partition coefficient (Wildman–Crippen LogP) is 4.12. The molecule has 1 heterocycles. The van der Waals surface area contributed by atoms with Gasteiger partial charge in [0.15, 0.2) is 0 Å². The van der Waals surface area contributed by atoms with Crippen molar-refractivity contribution >= 4 is 42.9 Å². The lowest BCUT2D eigenvalue weighted by Gasteiger charge is -2.27. The summed E-state index contributed by atoms with van der Waals surface area (Å²) in [6.45, 7) is 6.56. The molecule has 0 aliphatic rings. The van der Waals surface area contributed by atoms with Crippen molar-refractivity contribution in [1.29, 1.82) is 0 Å². The molecule has 0 spiro atoms. The first-order chi connectivity index (χ1) is 8.64. The summed E-state index contributed by atoms with van der Waals surface area (Å²) in [5.74, 6) is 0. The number of halogens is 2. The number of hydrogen-bond donors (Lipinski definition) is 0. The van der Waals surface area contributed by atoms with Crippen molar-refractivity contribution in [3.8, 4) is 0 Å². The fraction of sp³-hybridized carbons (Fsp3) is 0.500. The Morgan fingerprint density at radius 3 is 2.05 bits per heavy atom. The van der Waals surface area contributed by atoms with E-state index in [0.717, 1.165) is 15.5 Å². The molecule has 1 atom stereocenters. The topological polar surface area (TPSA) is 26.9 Å². The van der Waals surface area contributed by atoms with Gasteiger partial charge in [0.25, 0.3) is 0 Å². The smallest absolute Gasteiger partial charge is 0.295 e. The van der Waals surface area contributed by atoms with Crippen molar-refractivity contribution in [2.75, 3.05) is 0 Å². The van der Waals surface area contributed by atoms with E-state index in [1.807, 2.05) is 13.1 Å². The summed E-state index contributed by atoms with van der Waals surface area (Å²) < 4.78 is 4.38. The van der Waals surface area contributed by atoms with Crippen LogP contribution in [0, 0.1) is 5.41 Å². The number of fused-ring (bicyclic) bond motifs is 1. The van der Waals surface area contributed by atoms with Crippen LogP contribution in [-0.2, 0) is 14.1 Å². The molecule has 1 aromatic heterocycles. The number of benzene rings is 1. The van der Waals surface area contributed by atoms with Gasteiger partial charge in [0.1, 0.15) is 0 Å². The zero-order valence-electron chi connectivity index (χ0n) is 11.8. The molecule has 0 radical (unpaired) electrons. The average Bonchev–Trinajstić information content (AvgIpc) is 2.52. The summed E-state index contributed by atoms with van der Waals surface area (Å²) in [5, 5.41) is 0. The second-order valence-electron chi connectivity index (χ2n) is 5.99. The van der Waals surface area contributed by atoms with Gasteiger partial charge in [-0.05, 0) is 23.1 Å². The molecule has 104 valence electrons. The van der Waals surface area contributed by atoms with E-state index in [4.69, 9.17) is 0 Å². The summed E-state index contributed by atoms with van der Waals surface area (Å²) in [7, 11) is 3.61. The lowest BCUT2D eigenvalue weighted by molar-refractivity contribution is 0.406. The maximum atomic E-state index is 12.0. The zero-order valence-corrected chi connectivity index (χ0v) is 15.0. The van der Waals surface area contributed by atoms with Crippen molar-refractivity contribution < 1.29 is 0 Å². The molecular formula is C14H18Br2N2O. The number of aryl methyl sites for hydroxylation is 2. The van der Waals surface area contributed by atoms with Crippen molar-refractivity contribution in [3.63, 3.8) is 0 Å². The normalized spacial score (nSPS) is 14.1. The lowest BCUT2D eigenvalue weighted by Crippen LogP contribution is -2.19. The lowest BCUT2D eigenvalue weighted by atomic mass is 9.88. The van der Waals surface area contributed by atoms with Gasteiger partial charge < -0.3 is 0 Å². The Balaban J connectivity index is 2.76. The number of rotatable bonds is 1. The third-order valence-corrected chi connectivity index (χ3v) is 5.98. The van der Waals surface area contributed by atoms with Gasteiger partial charge in [0.2, 0.25) is 0 Å². The van der Waals surface area contributed by atoms with E-state index >= 15 is 0 Å². The summed E-state index contributed by atoms with van der Waals surface area (Å²) in [4.78, 5) is 12.2. The quantitative estimate of drug-likeness (QED) is 0.674. The Morgan fingerprint density at radius 2 is 1.58 bits per heavy atom. The highest BCUT2D eigenvalue weighted by Crippen LogP contribution is 2.43. The number of imidazole rings is 1. The van der Waals surface area contributed by atoms with E-state index < -0.39 is 0 Å². The van der Waals surface area contributed by atoms with E-state index in [1.165, 1.54) is 5.56 Å². The van der Waals surface area contributed by atoms with Gasteiger partial charge in [-0.3, -0.25) is 9.13 Å². The van der Waals surface area contributed by atoms with E-state index in [1.54, 1.807) is 16.2 Å². The molecule has 0 amide bonds. The summed E-state index contributed by atoms with van der Waals surface area (Å²) in [6.07, 6.45) is 0. The Kier molecular flexibility index (Phi) is 3.73. The fourth-order valence-corrected chi connectivity index (χ4v) is 3.44. The molecule has 0 fully saturated rings. The van der Waals surface area contributed by atoms with Gasteiger partial charge >= 0.3 is 5.69 Å². The van der Waals surface area contributed by atoms with Gasteiger partial charge in [-0.25, -0.2) is 4.79 Å². The minimum absolute atomic E-state index is 0.000862. The second kappa shape index (κ2) is 4.77. The molecule has 0 N–H and O–H groups in total. The Labute approximate surface area is 129 Å². The maximum absolute atomic E-state index is 12.0.